The van der Waals surface area contributed by atoms with Gasteiger partial charge in [-0.1, -0.05) is 25.0 Å². The highest BCUT2D eigenvalue weighted by Gasteiger charge is 2.33. The quantitative estimate of drug-likeness (QED) is 0.454. The van der Waals surface area contributed by atoms with Crippen LogP contribution in [0.5, 0.6) is 0 Å². The van der Waals surface area contributed by atoms with Crippen molar-refractivity contribution in [2.24, 2.45) is 11.8 Å². The second-order valence-corrected chi connectivity index (χ2v) is 6.22. The van der Waals surface area contributed by atoms with Crippen molar-refractivity contribution >= 4 is 23.9 Å². The Kier molecular flexibility index (Phi) is 6.85. The smallest absolute Gasteiger partial charge is 0.341 e. The SMILES string of the molecule is CC1=C(C(=O)OC(=O)C2=C(C)C(C)C2)CC1C.O=C(O)/C=C\C(=O)O. The summed E-state index contributed by atoms with van der Waals surface area (Å²) in [6, 6.07) is 0. The lowest BCUT2D eigenvalue weighted by Gasteiger charge is -2.29. The van der Waals surface area contributed by atoms with Gasteiger partial charge < -0.3 is 14.9 Å². The van der Waals surface area contributed by atoms with E-state index in [0.29, 0.717) is 35.1 Å². The fourth-order valence-corrected chi connectivity index (χ4v) is 2.41. The number of hydrogen-bond donors (Lipinski definition) is 2. The van der Waals surface area contributed by atoms with Gasteiger partial charge in [0.15, 0.2) is 0 Å². The normalized spacial score (nSPS) is 21.8. The number of ether oxygens (including phenoxy) is 1. The van der Waals surface area contributed by atoms with E-state index in [9.17, 15) is 19.2 Å². The average Bonchev–Trinajstić information content (AvgIpc) is 2.54. The molecule has 0 aromatic carbocycles. The molecule has 0 aliphatic heterocycles. The Balaban J connectivity index is 0.000000333. The maximum atomic E-state index is 11.7. The molecule has 0 aromatic rings. The summed E-state index contributed by atoms with van der Waals surface area (Å²) in [7, 11) is 0. The zero-order valence-corrected chi connectivity index (χ0v) is 14.7. The van der Waals surface area contributed by atoms with Gasteiger partial charge in [0.2, 0.25) is 0 Å². The Hall–Kier alpha value is -2.70. The Labute approximate surface area is 145 Å². The molecule has 0 fully saturated rings. The molecular weight excluding hydrogens is 328 g/mol. The molecular formula is C18H22O7. The van der Waals surface area contributed by atoms with E-state index in [0.717, 1.165) is 24.0 Å². The van der Waals surface area contributed by atoms with Crippen molar-refractivity contribution in [2.75, 3.05) is 0 Å². The molecule has 2 N–H and O–H groups in total. The van der Waals surface area contributed by atoms with Crippen LogP contribution in [0.25, 0.3) is 0 Å². The Morgan fingerprint density at radius 3 is 1.36 bits per heavy atom. The van der Waals surface area contributed by atoms with Crippen molar-refractivity contribution in [2.45, 2.75) is 40.5 Å². The zero-order valence-electron chi connectivity index (χ0n) is 14.7. The first-order valence-electron chi connectivity index (χ1n) is 7.84. The largest absolute Gasteiger partial charge is 0.478 e. The minimum absolute atomic E-state index is 0.442. The molecule has 7 heteroatoms. The predicted octanol–water partition coefficient (Wildman–Crippen LogP) is 2.48. The average molecular weight is 350 g/mol. The van der Waals surface area contributed by atoms with E-state index in [2.05, 4.69) is 13.8 Å². The van der Waals surface area contributed by atoms with Crippen LogP contribution in [-0.4, -0.2) is 34.1 Å². The monoisotopic (exact) mass is 350 g/mol. The van der Waals surface area contributed by atoms with E-state index in [-0.39, 0.29) is 0 Å². The summed E-state index contributed by atoms with van der Waals surface area (Å²) in [4.78, 5) is 42.5. The van der Waals surface area contributed by atoms with Gasteiger partial charge in [-0.15, -0.1) is 0 Å². The molecule has 0 amide bonds. The van der Waals surface area contributed by atoms with Gasteiger partial charge in [0.25, 0.3) is 0 Å². The van der Waals surface area contributed by atoms with Crippen molar-refractivity contribution < 1.29 is 34.1 Å². The molecule has 2 atom stereocenters. The molecule has 0 bridgehead atoms. The molecule has 0 spiro atoms. The van der Waals surface area contributed by atoms with Crippen LogP contribution in [0.2, 0.25) is 0 Å². The van der Waals surface area contributed by atoms with Gasteiger partial charge >= 0.3 is 23.9 Å². The van der Waals surface area contributed by atoms with Crippen LogP contribution in [0, 0.1) is 11.8 Å². The lowest BCUT2D eigenvalue weighted by Crippen LogP contribution is -2.28. The number of aliphatic carboxylic acids is 2. The van der Waals surface area contributed by atoms with E-state index in [1.165, 1.54) is 0 Å². The maximum absolute atomic E-state index is 11.7. The van der Waals surface area contributed by atoms with Gasteiger partial charge in [-0.2, -0.15) is 0 Å². The predicted molar refractivity (Wildman–Crippen MR) is 88.5 cm³/mol. The van der Waals surface area contributed by atoms with E-state index in [1.807, 2.05) is 13.8 Å². The third kappa shape index (κ3) is 5.41. The van der Waals surface area contributed by atoms with Crippen LogP contribution in [-0.2, 0) is 23.9 Å². The van der Waals surface area contributed by atoms with Gasteiger partial charge in [-0.25, -0.2) is 19.2 Å². The van der Waals surface area contributed by atoms with Crippen LogP contribution in [0.1, 0.15) is 40.5 Å². The molecule has 2 aliphatic carbocycles. The fraction of sp³-hybridized carbons (Fsp3) is 0.444. The van der Waals surface area contributed by atoms with E-state index >= 15 is 0 Å². The Bertz CT molecular complexity index is 636. The molecule has 0 saturated heterocycles. The van der Waals surface area contributed by atoms with Crippen LogP contribution in [0.3, 0.4) is 0 Å². The summed E-state index contributed by atoms with van der Waals surface area (Å²) in [6.07, 6.45) is 2.57. The van der Waals surface area contributed by atoms with E-state index in [1.54, 1.807) is 0 Å². The molecule has 2 rings (SSSR count). The lowest BCUT2D eigenvalue weighted by atomic mass is 9.79. The van der Waals surface area contributed by atoms with Gasteiger partial charge in [-0.05, 0) is 38.5 Å². The number of esters is 2. The maximum Gasteiger partial charge on any atom is 0.341 e. The number of hydrogen-bond acceptors (Lipinski definition) is 5. The first-order chi connectivity index (χ1) is 11.5. The van der Waals surface area contributed by atoms with Gasteiger partial charge in [0.05, 0.1) is 0 Å². The first kappa shape index (κ1) is 20.3. The van der Waals surface area contributed by atoms with Gasteiger partial charge in [0.1, 0.15) is 0 Å². The highest BCUT2D eigenvalue weighted by molar-refractivity contribution is 6.04. The molecule has 0 radical (unpaired) electrons. The summed E-state index contributed by atoms with van der Waals surface area (Å²) in [5.74, 6) is -2.54. The second-order valence-electron chi connectivity index (χ2n) is 6.22. The molecule has 2 aliphatic rings. The van der Waals surface area contributed by atoms with Crippen molar-refractivity contribution in [3.05, 3.63) is 34.4 Å². The number of carbonyl (C=O) groups is 4. The molecule has 2 unspecified atom stereocenters. The third-order valence-electron chi connectivity index (χ3n) is 4.50. The minimum atomic E-state index is -1.26. The van der Waals surface area contributed by atoms with Gasteiger partial charge in [-0.3, -0.25) is 0 Å². The molecule has 0 saturated carbocycles. The molecule has 0 heterocycles. The van der Waals surface area contributed by atoms with E-state index < -0.39 is 23.9 Å². The Morgan fingerprint density at radius 1 is 0.840 bits per heavy atom. The van der Waals surface area contributed by atoms with Crippen molar-refractivity contribution in [3.8, 4) is 0 Å². The van der Waals surface area contributed by atoms with Gasteiger partial charge in [0, 0.05) is 23.3 Å². The van der Waals surface area contributed by atoms with E-state index in [4.69, 9.17) is 14.9 Å². The second kappa shape index (κ2) is 8.41. The number of carboxylic acids is 2. The summed E-state index contributed by atoms with van der Waals surface area (Å²) >= 11 is 0. The molecule has 136 valence electrons. The lowest BCUT2D eigenvalue weighted by molar-refractivity contribution is -0.155. The van der Waals surface area contributed by atoms with Crippen molar-refractivity contribution in [1.29, 1.82) is 0 Å². The summed E-state index contributed by atoms with van der Waals surface area (Å²) in [5.41, 5.74) is 3.46. The van der Waals surface area contributed by atoms with Crippen LogP contribution < -0.4 is 0 Å². The van der Waals surface area contributed by atoms with Crippen LogP contribution in [0.4, 0.5) is 0 Å². The highest BCUT2D eigenvalue weighted by atomic mass is 16.6. The fourth-order valence-electron chi connectivity index (χ4n) is 2.41. The Morgan fingerprint density at radius 2 is 1.16 bits per heavy atom. The highest BCUT2D eigenvalue weighted by Crippen LogP contribution is 2.37. The molecule has 7 nitrogen and oxygen atoms in total. The standard InChI is InChI=1S/C14H18O3.C4H4O4/c1-7-5-11(9(7)3)13(15)17-14(16)12-6-8(2)10(12)4;5-3(6)1-2-4(7)8/h7-8H,5-6H2,1-4H3;1-2H,(H,5,6)(H,7,8)/b;2-1-. The number of rotatable bonds is 4. The summed E-state index contributed by atoms with van der Waals surface area (Å²) < 4.78 is 4.90. The van der Waals surface area contributed by atoms with Crippen LogP contribution in [0.15, 0.2) is 34.4 Å². The zero-order chi connectivity index (χ0) is 19.3. The number of carboxylic acid groups (broad SMARTS) is 2. The minimum Gasteiger partial charge on any atom is -0.478 e. The third-order valence-corrected chi connectivity index (χ3v) is 4.50. The van der Waals surface area contributed by atoms with Crippen molar-refractivity contribution in [1.82, 2.24) is 0 Å². The van der Waals surface area contributed by atoms with Crippen molar-refractivity contribution in [3.63, 3.8) is 0 Å². The van der Waals surface area contributed by atoms with Crippen LogP contribution >= 0.6 is 0 Å². The number of allylic oxidation sites excluding steroid dienone is 2. The topological polar surface area (TPSA) is 118 Å². The number of carbonyl (C=O) groups excluding carboxylic acids is 2. The first-order valence-corrected chi connectivity index (χ1v) is 7.84. The molecule has 0 aromatic heterocycles. The summed E-state index contributed by atoms with van der Waals surface area (Å²) in [5, 5.41) is 15.6. The summed E-state index contributed by atoms with van der Waals surface area (Å²) in [6.45, 7) is 7.97. The molecule has 25 heavy (non-hydrogen) atoms.